The number of nitrogens with one attached hydrogen (secondary N) is 1. The second kappa shape index (κ2) is 9.67. The maximum absolute atomic E-state index is 5.90. The van der Waals surface area contributed by atoms with Crippen LogP contribution < -0.4 is 11.1 Å². The molecule has 0 aliphatic carbocycles. The van der Waals surface area contributed by atoms with Gasteiger partial charge in [-0.15, -0.1) is 0 Å². The summed E-state index contributed by atoms with van der Waals surface area (Å²) >= 11 is 0. The van der Waals surface area contributed by atoms with Crippen molar-refractivity contribution in [2.24, 2.45) is 5.73 Å². The highest BCUT2D eigenvalue weighted by atomic mass is 16.5. The zero-order chi connectivity index (χ0) is 17.2. The van der Waals surface area contributed by atoms with Crippen LogP contribution in [-0.4, -0.2) is 23.7 Å². The number of aryl methyl sites for hydroxylation is 2. The van der Waals surface area contributed by atoms with Gasteiger partial charge in [0.25, 0.3) is 0 Å². The Morgan fingerprint density at radius 2 is 2.04 bits per heavy atom. The molecule has 0 amide bonds. The van der Waals surface area contributed by atoms with Crippen LogP contribution in [0.3, 0.4) is 0 Å². The van der Waals surface area contributed by atoms with Crippen LogP contribution in [0, 0.1) is 6.92 Å². The number of aromatic nitrogens is 2. The first kappa shape index (κ1) is 17.9. The van der Waals surface area contributed by atoms with Crippen molar-refractivity contribution in [1.82, 2.24) is 15.5 Å². The van der Waals surface area contributed by atoms with Gasteiger partial charge >= 0.3 is 0 Å². The normalized spacial score (nSPS) is 12.2. The number of allylic oxidation sites excluding steroid dienone is 3. The zero-order valence-corrected chi connectivity index (χ0v) is 14.5. The third-order valence-corrected chi connectivity index (χ3v) is 3.69. The van der Waals surface area contributed by atoms with Crippen LogP contribution in [0.4, 0.5) is 0 Å². The number of benzene rings is 1. The van der Waals surface area contributed by atoms with E-state index in [1.807, 2.05) is 19.2 Å². The molecule has 128 valence electrons. The Labute approximate surface area is 143 Å². The maximum atomic E-state index is 5.90. The Morgan fingerprint density at radius 3 is 2.71 bits per heavy atom. The van der Waals surface area contributed by atoms with Crippen molar-refractivity contribution < 1.29 is 4.52 Å². The van der Waals surface area contributed by atoms with Crippen LogP contribution in [0.2, 0.25) is 0 Å². The molecule has 0 aliphatic rings. The van der Waals surface area contributed by atoms with E-state index in [1.165, 1.54) is 5.56 Å². The van der Waals surface area contributed by atoms with Gasteiger partial charge in [0.15, 0.2) is 0 Å². The molecule has 5 nitrogen and oxygen atoms in total. The minimum atomic E-state index is 0.583. The van der Waals surface area contributed by atoms with Crippen molar-refractivity contribution in [3.63, 3.8) is 0 Å². The molecule has 0 atom stereocenters. The molecule has 2 aromatic rings. The average molecular weight is 326 g/mol. The fourth-order valence-electron chi connectivity index (χ4n) is 2.29. The number of hydrogen-bond donors (Lipinski definition) is 2. The molecule has 0 saturated heterocycles. The first-order chi connectivity index (χ1) is 11.7. The van der Waals surface area contributed by atoms with Gasteiger partial charge in [-0.1, -0.05) is 47.7 Å². The van der Waals surface area contributed by atoms with Gasteiger partial charge in [0, 0.05) is 24.7 Å². The van der Waals surface area contributed by atoms with Crippen molar-refractivity contribution >= 4 is 0 Å². The highest BCUT2D eigenvalue weighted by Gasteiger charge is 2.04. The number of hydrogen-bond acceptors (Lipinski definition) is 5. The molecule has 1 aromatic heterocycles. The molecule has 0 bridgehead atoms. The summed E-state index contributed by atoms with van der Waals surface area (Å²) in [4.78, 5) is 4.23. The Morgan fingerprint density at radius 1 is 1.25 bits per heavy atom. The average Bonchev–Trinajstić information content (AvgIpc) is 3.03. The summed E-state index contributed by atoms with van der Waals surface area (Å²) in [6, 6.07) is 8.30. The van der Waals surface area contributed by atoms with Crippen LogP contribution >= 0.6 is 0 Å². The lowest BCUT2D eigenvalue weighted by Crippen LogP contribution is -2.11. The van der Waals surface area contributed by atoms with Crippen molar-refractivity contribution in [3.05, 3.63) is 59.6 Å². The van der Waals surface area contributed by atoms with Crippen LogP contribution in [0.15, 0.2) is 52.7 Å². The van der Waals surface area contributed by atoms with E-state index < -0.39 is 0 Å². The molecule has 5 heteroatoms. The van der Waals surface area contributed by atoms with Crippen LogP contribution in [-0.2, 0) is 6.42 Å². The summed E-state index contributed by atoms with van der Waals surface area (Å²) in [6.07, 6.45) is 10.3. The molecule has 0 unspecified atom stereocenters. The summed E-state index contributed by atoms with van der Waals surface area (Å²) in [5, 5.41) is 7.02. The Bertz CT molecular complexity index is 671. The van der Waals surface area contributed by atoms with Crippen molar-refractivity contribution in [1.29, 1.82) is 0 Å². The molecule has 0 aliphatic heterocycles. The summed E-state index contributed by atoms with van der Waals surface area (Å²) in [7, 11) is 1.93. The summed E-state index contributed by atoms with van der Waals surface area (Å²) < 4.78 is 5.00. The highest BCUT2D eigenvalue weighted by Crippen LogP contribution is 2.17. The lowest BCUT2D eigenvalue weighted by atomic mass is 10.1. The van der Waals surface area contributed by atoms with Gasteiger partial charge in [0.1, 0.15) is 0 Å². The predicted molar refractivity (Wildman–Crippen MR) is 97.4 cm³/mol. The monoisotopic (exact) mass is 326 g/mol. The van der Waals surface area contributed by atoms with Crippen LogP contribution in [0.25, 0.3) is 11.4 Å². The molecule has 24 heavy (non-hydrogen) atoms. The first-order valence-electron chi connectivity index (χ1n) is 8.32. The standard InChI is InChI=1S/C19H26N4O/c1-15-22-19(23-24-15)17-11-9-16(10-12-17)7-5-3-4-6-8-18(20)13-14-21-2/h3-4,8-12,21H,5-7,13-14,20H2,1-2H3. The third-order valence-electron chi connectivity index (χ3n) is 3.69. The summed E-state index contributed by atoms with van der Waals surface area (Å²) in [6.45, 7) is 2.71. The third kappa shape index (κ3) is 6.01. The largest absolute Gasteiger partial charge is 0.402 e. The van der Waals surface area contributed by atoms with E-state index in [0.717, 1.165) is 43.5 Å². The van der Waals surface area contributed by atoms with Crippen LogP contribution in [0.1, 0.15) is 30.7 Å². The SMILES string of the molecule is CNCCC(N)=CCC=CCCc1ccc(-c2noc(C)n2)cc1. The second-order valence-corrected chi connectivity index (χ2v) is 5.71. The number of rotatable bonds is 9. The maximum Gasteiger partial charge on any atom is 0.223 e. The molecule has 0 radical (unpaired) electrons. The second-order valence-electron chi connectivity index (χ2n) is 5.71. The predicted octanol–water partition coefficient (Wildman–Crippen LogP) is 3.38. The van der Waals surface area contributed by atoms with Gasteiger partial charge < -0.3 is 15.6 Å². The van der Waals surface area contributed by atoms with Gasteiger partial charge in [-0.3, -0.25) is 0 Å². The Hall–Kier alpha value is -2.40. The van der Waals surface area contributed by atoms with Gasteiger partial charge in [-0.05, 0) is 38.3 Å². The molecular weight excluding hydrogens is 300 g/mol. The van der Waals surface area contributed by atoms with Gasteiger partial charge in [-0.25, -0.2) is 0 Å². The minimum absolute atomic E-state index is 0.583. The van der Waals surface area contributed by atoms with E-state index >= 15 is 0 Å². The number of nitrogens with zero attached hydrogens (tertiary/aromatic N) is 2. The molecule has 1 aromatic carbocycles. The topological polar surface area (TPSA) is 77.0 Å². The van der Waals surface area contributed by atoms with E-state index in [4.69, 9.17) is 10.3 Å². The minimum Gasteiger partial charge on any atom is -0.402 e. The fourth-order valence-corrected chi connectivity index (χ4v) is 2.29. The first-order valence-corrected chi connectivity index (χ1v) is 8.32. The van der Waals surface area contributed by atoms with E-state index in [9.17, 15) is 0 Å². The fraction of sp³-hybridized carbons (Fsp3) is 0.368. The van der Waals surface area contributed by atoms with Gasteiger partial charge in [0.2, 0.25) is 11.7 Å². The van der Waals surface area contributed by atoms with Gasteiger partial charge in [0.05, 0.1) is 0 Å². The Balaban J connectivity index is 1.73. The highest BCUT2D eigenvalue weighted by molar-refractivity contribution is 5.54. The number of nitrogens with two attached hydrogens (primary N) is 1. The molecule has 1 heterocycles. The lowest BCUT2D eigenvalue weighted by molar-refractivity contribution is 0.394. The molecule has 0 fully saturated rings. The van der Waals surface area contributed by atoms with Crippen molar-refractivity contribution in [2.45, 2.75) is 32.6 Å². The molecule has 3 N–H and O–H groups in total. The quantitative estimate of drug-likeness (QED) is 0.691. The summed E-state index contributed by atoms with van der Waals surface area (Å²) in [5.74, 6) is 1.22. The molecule has 0 saturated carbocycles. The lowest BCUT2D eigenvalue weighted by Gasteiger charge is -2.00. The van der Waals surface area contributed by atoms with Gasteiger partial charge in [-0.2, -0.15) is 4.98 Å². The summed E-state index contributed by atoms with van der Waals surface area (Å²) in [5.41, 5.74) is 9.12. The van der Waals surface area contributed by atoms with Crippen LogP contribution in [0.5, 0.6) is 0 Å². The Kier molecular flexibility index (Phi) is 7.23. The molecule has 0 spiro atoms. The van der Waals surface area contributed by atoms with E-state index in [1.54, 1.807) is 6.92 Å². The molecule has 2 rings (SSSR count). The molecular formula is C19H26N4O. The van der Waals surface area contributed by atoms with E-state index in [-0.39, 0.29) is 0 Å². The van der Waals surface area contributed by atoms with E-state index in [0.29, 0.717) is 11.7 Å². The van der Waals surface area contributed by atoms with Crippen molar-refractivity contribution in [3.8, 4) is 11.4 Å². The zero-order valence-electron chi connectivity index (χ0n) is 14.5. The smallest absolute Gasteiger partial charge is 0.223 e. The van der Waals surface area contributed by atoms with E-state index in [2.05, 4.69) is 45.8 Å². The van der Waals surface area contributed by atoms with Crippen molar-refractivity contribution in [2.75, 3.05) is 13.6 Å².